The quantitative estimate of drug-likeness (QED) is 0.601. The van der Waals surface area contributed by atoms with E-state index in [4.69, 9.17) is 4.74 Å². The zero-order chi connectivity index (χ0) is 13.5. The van der Waals surface area contributed by atoms with E-state index in [2.05, 4.69) is 0 Å². The second-order valence-electron chi connectivity index (χ2n) is 4.39. The number of hydrogen-bond acceptors (Lipinski definition) is 3. The number of ether oxygens (including phenoxy) is 1. The van der Waals surface area contributed by atoms with Crippen LogP contribution in [0.2, 0.25) is 0 Å². The number of carbonyl (C=O) groups excluding carboxylic acids is 2. The highest BCUT2D eigenvalue weighted by Crippen LogP contribution is 2.12. The molecule has 0 unspecified atom stereocenters. The zero-order valence-corrected chi connectivity index (χ0v) is 10.7. The number of rotatable bonds is 5. The number of carbonyl (C=O) groups is 2. The minimum absolute atomic E-state index is 0.172. The molecule has 1 aliphatic rings. The molecule has 0 saturated carbocycles. The van der Waals surface area contributed by atoms with Gasteiger partial charge in [0.15, 0.2) is 5.78 Å². The van der Waals surface area contributed by atoms with Gasteiger partial charge in [0.05, 0.1) is 0 Å². The fourth-order valence-corrected chi connectivity index (χ4v) is 1.84. The third-order valence-corrected chi connectivity index (χ3v) is 2.86. The summed E-state index contributed by atoms with van der Waals surface area (Å²) in [6, 6.07) is 9.41. The standard InChI is InChI=1S/C16H16O3/c17-15(14-9-5-2-6-10-14)11-16(18)19-12-13-7-3-1-4-8-13/h1,3-5,7-10H,2,6,11-12H2. The monoisotopic (exact) mass is 256 g/mol. The molecule has 0 atom stereocenters. The Morgan fingerprint density at radius 3 is 2.58 bits per heavy atom. The van der Waals surface area contributed by atoms with Gasteiger partial charge in [-0.3, -0.25) is 9.59 Å². The molecule has 0 aliphatic heterocycles. The second-order valence-corrected chi connectivity index (χ2v) is 4.39. The van der Waals surface area contributed by atoms with E-state index in [1.807, 2.05) is 42.5 Å². The van der Waals surface area contributed by atoms with Crippen molar-refractivity contribution in [3.05, 3.63) is 59.7 Å². The normalized spacial score (nSPS) is 13.8. The first-order chi connectivity index (χ1) is 9.25. The Hall–Kier alpha value is -2.16. The molecule has 0 radical (unpaired) electrons. The van der Waals surface area contributed by atoms with Crippen molar-refractivity contribution in [2.45, 2.75) is 25.9 Å². The molecule has 0 saturated heterocycles. The largest absolute Gasteiger partial charge is 0.460 e. The molecule has 0 aromatic heterocycles. The molecule has 1 aromatic rings. The highest BCUT2D eigenvalue weighted by atomic mass is 16.5. The van der Waals surface area contributed by atoms with Crippen LogP contribution >= 0.6 is 0 Å². The first-order valence-corrected chi connectivity index (χ1v) is 6.35. The van der Waals surface area contributed by atoms with Crippen molar-refractivity contribution in [1.29, 1.82) is 0 Å². The lowest BCUT2D eigenvalue weighted by Gasteiger charge is -2.07. The molecule has 2 rings (SSSR count). The summed E-state index contributed by atoms with van der Waals surface area (Å²) in [6.45, 7) is 0.210. The van der Waals surface area contributed by atoms with Crippen molar-refractivity contribution in [2.24, 2.45) is 0 Å². The van der Waals surface area contributed by atoms with Crippen LogP contribution in [-0.2, 0) is 20.9 Å². The summed E-state index contributed by atoms with van der Waals surface area (Å²) in [7, 11) is 0. The van der Waals surface area contributed by atoms with E-state index in [9.17, 15) is 9.59 Å². The molecule has 1 aromatic carbocycles. The van der Waals surface area contributed by atoms with E-state index in [0.717, 1.165) is 18.4 Å². The summed E-state index contributed by atoms with van der Waals surface area (Å²) in [5, 5.41) is 0. The first kappa shape index (κ1) is 13.3. The van der Waals surface area contributed by atoms with Gasteiger partial charge in [0.2, 0.25) is 0 Å². The predicted molar refractivity (Wildman–Crippen MR) is 72.3 cm³/mol. The van der Waals surface area contributed by atoms with Crippen LogP contribution in [0.3, 0.4) is 0 Å². The van der Waals surface area contributed by atoms with Crippen LogP contribution in [-0.4, -0.2) is 11.8 Å². The molecule has 0 fully saturated rings. The van der Waals surface area contributed by atoms with Gasteiger partial charge in [0.25, 0.3) is 0 Å². The maximum Gasteiger partial charge on any atom is 0.314 e. The van der Waals surface area contributed by atoms with E-state index in [1.165, 1.54) is 0 Å². The molecule has 98 valence electrons. The van der Waals surface area contributed by atoms with Gasteiger partial charge < -0.3 is 4.74 Å². The Balaban J connectivity index is 1.80. The van der Waals surface area contributed by atoms with E-state index < -0.39 is 5.97 Å². The summed E-state index contributed by atoms with van der Waals surface area (Å²) in [5.41, 5.74) is 1.53. The Morgan fingerprint density at radius 2 is 1.89 bits per heavy atom. The van der Waals surface area contributed by atoms with Gasteiger partial charge in [-0.25, -0.2) is 0 Å². The Morgan fingerprint density at radius 1 is 1.11 bits per heavy atom. The molecule has 0 spiro atoms. The molecule has 0 bridgehead atoms. The fraction of sp³-hybridized carbons (Fsp3) is 0.250. The number of ketones is 1. The van der Waals surface area contributed by atoms with Crippen LogP contribution in [0.5, 0.6) is 0 Å². The maximum atomic E-state index is 11.8. The minimum Gasteiger partial charge on any atom is -0.460 e. The number of hydrogen-bond donors (Lipinski definition) is 0. The van der Waals surface area contributed by atoms with Gasteiger partial charge in [-0.1, -0.05) is 48.6 Å². The Bertz CT molecular complexity index is 512. The Labute approximate surface area is 112 Å². The Kier molecular flexibility index (Phi) is 4.67. The van der Waals surface area contributed by atoms with Gasteiger partial charge in [0, 0.05) is 5.57 Å². The van der Waals surface area contributed by atoms with E-state index >= 15 is 0 Å². The topological polar surface area (TPSA) is 43.4 Å². The number of allylic oxidation sites excluding steroid dienone is 4. The van der Waals surface area contributed by atoms with Crippen LogP contribution in [0.25, 0.3) is 0 Å². The third-order valence-electron chi connectivity index (χ3n) is 2.86. The summed E-state index contributed by atoms with van der Waals surface area (Å²) in [6.07, 6.45) is 7.21. The van der Waals surface area contributed by atoms with E-state index in [-0.39, 0.29) is 18.8 Å². The lowest BCUT2D eigenvalue weighted by molar-refractivity contribution is -0.146. The molecule has 0 amide bonds. The average molecular weight is 256 g/mol. The van der Waals surface area contributed by atoms with Crippen LogP contribution in [0.15, 0.2) is 54.1 Å². The van der Waals surface area contributed by atoms with Crippen LogP contribution in [0.4, 0.5) is 0 Å². The summed E-state index contributed by atoms with van der Waals surface area (Å²) in [4.78, 5) is 23.4. The van der Waals surface area contributed by atoms with Crippen molar-refractivity contribution in [2.75, 3.05) is 0 Å². The molecular formula is C16H16O3. The van der Waals surface area contributed by atoms with Gasteiger partial charge in [0.1, 0.15) is 13.0 Å². The van der Waals surface area contributed by atoms with Gasteiger partial charge in [-0.2, -0.15) is 0 Å². The maximum absolute atomic E-state index is 11.8. The molecule has 0 N–H and O–H groups in total. The second kappa shape index (κ2) is 6.69. The van der Waals surface area contributed by atoms with Gasteiger partial charge in [-0.15, -0.1) is 0 Å². The number of benzene rings is 1. The molecule has 19 heavy (non-hydrogen) atoms. The summed E-state index contributed by atoms with van der Waals surface area (Å²) >= 11 is 0. The predicted octanol–water partition coefficient (Wildman–Crippen LogP) is 2.97. The highest BCUT2D eigenvalue weighted by molar-refractivity contribution is 6.07. The van der Waals surface area contributed by atoms with E-state index in [0.29, 0.717) is 5.57 Å². The van der Waals surface area contributed by atoms with Crippen LogP contribution < -0.4 is 0 Å². The van der Waals surface area contributed by atoms with Crippen molar-refractivity contribution in [3.8, 4) is 0 Å². The molecule has 1 aliphatic carbocycles. The summed E-state index contributed by atoms with van der Waals surface area (Å²) in [5.74, 6) is -0.650. The molecule has 0 heterocycles. The van der Waals surface area contributed by atoms with Gasteiger partial charge in [-0.05, 0) is 18.4 Å². The molecule has 3 heteroatoms. The minimum atomic E-state index is -0.478. The van der Waals surface area contributed by atoms with E-state index in [1.54, 1.807) is 6.08 Å². The lowest BCUT2D eigenvalue weighted by Crippen LogP contribution is -2.13. The summed E-state index contributed by atoms with van der Waals surface area (Å²) < 4.78 is 5.08. The number of esters is 1. The average Bonchev–Trinajstić information content (AvgIpc) is 2.47. The van der Waals surface area contributed by atoms with Crippen molar-refractivity contribution in [3.63, 3.8) is 0 Å². The molecular weight excluding hydrogens is 240 g/mol. The number of Topliss-reactive ketones (excluding diaryl/α,β-unsaturated/α-hetero) is 1. The molecule has 3 nitrogen and oxygen atoms in total. The van der Waals surface area contributed by atoms with Crippen molar-refractivity contribution < 1.29 is 14.3 Å². The third kappa shape index (κ3) is 4.21. The fourth-order valence-electron chi connectivity index (χ4n) is 1.84. The SMILES string of the molecule is O=C(CC(=O)C1=CCCC=C1)OCc1ccccc1. The van der Waals surface area contributed by atoms with Crippen molar-refractivity contribution in [1.82, 2.24) is 0 Å². The van der Waals surface area contributed by atoms with Crippen LogP contribution in [0, 0.1) is 0 Å². The van der Waals surface area contributed by atoms with Crippen molar-refractivity contribution >= 4 is 11.8 Å². The van der Waals surface area contributed by atoms with Crippen LogP contribution in [0.1, 0.15) is 24.8 Å². The lowest BCUT2D eigenvalue weighted by atomic mass is 10.0. The highest BCUT2D eigenvalue weighted by Gasteiger charge is 2.14. The first-order valence-electron chi connectivity index (χ1n) is 6.35. The smallest absolute Gasteiger partial charge is 0.314 e. The zero-order valence-electron chi connectivity index (χ0n) is 10.7. The van der Waals surface area contributed by atoms with Gasteiger partial charge >= 0.3 is 5.97 Å².